The average Bonchev–Trinajstić information content (AvgIpc) is 3.21. The fraction of sp³-hybridized carbons (Fsp3) is 0.318. The molecule has 1 aromatic heterocycles. The molecule has 0 aliphatic heterocycles. The van der Waals surface area contributed by atoms with Gasteiger partial charge >= 0.3 is 0 Å². The second-order valence-corrected chi connectivity index (χ2v) is 7.63. The van der Waals surface area contributed by atoms with E-state index in [1.54, 1.807) is 0 Å². The fourth-order valence-corrected chi connectivity index (χ4v) is 4.08. The summed E-state index contributed by atoms with van der Waals surface area (Å²) in [6, 6.07) is 13.6. The Kier molecular flexibility index (Phi) is 5.76. The highest BCUT2D eigenvalue weighted by Crippen LogP contribution is 2.31. The molecule has 0 unspecified atom stereocenters. The molecule has 2 aromatic carbocycles. The van der Waals surface area contributed by atoms with Gasteiger partial charge in [-0.25, -0.2) is 0 Å². The lowest BCUT2D eigenvalue weighted by Crippen LogP contribution is -2.07. The molecule has 1 aliphatic carbocycles. The topological polar surface area (TPSA) is 65.2 Å². The molecule has 0 spiro atoms. The van der Waals surface area contributed by atoms with Crippen molar-refractivity contribution in [3.8, 4) is 17.2 Å². The zero-order valence-electron chi connectivity index (χ0n) is 15.8. The van der Waals surface area contributed by atoms with Crippen LogP contribution in [-0.2, 0) is 12.8 Å². The van der Waals surface area contributed by atoms with Crippen molar-refractivity contribution in [1.29, 1.82) is 0 Å². The lowest BCUT2D eigenvalue weighted by molar-refractivity contribution is 0.102. The van der Waals surface area contributed by atoms with Crippen molar-refractivity contribution >= 4 is 17.5 Å². The number of thioether (sulfide) groups is 1. The Balaban J connectivity index is 1.43. The monoisotopic (exact) mass is 394 g/mol. The molecule has 4 rings (SSSR count). The summed E-state index contributed by atoms with van der Waals surface area (Å²) < 4.78 is 11.4. The lowest BCUT2D eigenvalue weighted by Gasteiger charge is -2.16. The molecule has 28 heavy (non-hydrogen) atoms. The number of carbonyl (C=O) groups is 1. The van der Waals surface area contributed by atoms with Crippen molar-refractivity contribution in [3.63, 3.8) is 0 Å². The zero-order valence-corrected chi connectivity index (χ0v) is 16.6. The molecule has 3 aromatic rings. The zero-order chi connectivity index (χ0) is 19.3. The van der Waals surface area contributed by atoms with Crippen LogP contribution in [0.5, 0.6) is 5.75 Å². The predicted molar refractivity (Wildman–Crippen MR) is 109 cm³/mol. The van der Waals surface area contributed by atoms with Gasteiger partial charge < -0.3 is 9.15 Å². The van der Waals surface area contributed by atoms with Gasteiger partial charge in [0.15, 0.2) is 5.78 Å². The van der Waals surface area contributed by atoms with Gasteiger partial charge in [0, 0.05) is 5.56 Å². The molecule has 1 heterocycles. The first-order valence-electron chi connectivity index (χ1n) is 9.58. The van der Waals surface area contributed by atoms with Crippen LogP contribution >= 0.6 is 11.8 Å². The lowest BCUT2D eigenvalue weighted by atomic mass is 9.90. The van der Waals surface area contributed by atoms with Crippen LogP contribution in [0.25, 0.3) is 11.5 Å². The van der Waals surface area contributed by atoms with Crippen molar-refractivity contribution in [2.75, 3.05) is 12.4 Å². The quantitative estimate of drug-likeness (QED) is 0.415. The van der Waals surface area contributed by atoms with Crippen LogP contribution in [0.4, 0.5) is 0 Å². The summed E-state index contributed by atoms with van der Waals surface area (Å²) in [6.07, 6.45) is 4.62. The third-order valence-electron chi connectivity index (χ3n) is 4.82. The van der Waals surface area contributed by atoms with Crippen molar-refractivity contribution in [2.45, 2.75) is 37.8 Å². The van der Waals surface area contributed by atoms with E-state index in [1.165, 1.54) is 35.7 Å². The van der Waals surface area contributed by atoms with Crippen LogP contribution < -0.4 is 4.74 Å². The number of para-hydroxylation sites is 1. The summed E-state index contributed by atoms with van der Waals surface area (Å²) in [5, 5.41) is 8.56. The van der Waals surface area contributed by atoms with E-state index in [-0.39, 0.29) is 11.5 Å². The molecule has 0 saturated heterocycles. The number of benzene rings is 2. The van der Waals surface area contributed by atoms with Gasteiger partial charge in [-0.2, -0.15) is 0 Å². The van der Waals surface area contributed by atoms with Crippen LogP contribution in [0.15, 0.2) is 52.1 Å². The van der Waals surface area contributed by atoms with E-state index in [9.17, 15) is 4.79 Å². The molecular formula is C22H22N2O3S. The first-order chi connectivity index (χ1) is 13.7. The maximum absolute atomic E-state index is 12.6. The summed E-state index contributed by atoms with van der Waals surface area (Å²) in [7, 11) is 0. The van der Waals surface area contributed by atoms with E-state index in [2.05, 4.69) is 22.3 Å². The summed E-state index contributed by atoms with van der Waals surface area (Å²) in [5.41, 5.74) is 4.21. The van der Waals surface area contributed by atoms with Gasteiger partial charge in [0.1, 0.15) is 5.75 Å². The average molecular weight is 394 g/mol. The molecule has 1 aliphatic rings. The second-order valence-electron chi connectivity index (χ2n) is 6.70. The van der Waals surface area contributed by atoms with E-state index in [4.69, 9.17) is 9.15 Å². The number of aromatic nitrogens is 2. The van der Waals surface area contributed by atoms with Gasteiger partial charge in [0.2, 0.25) is 0 Å². The molecule has 0 atom stereocenters. The number of aryl methyl sites for hydroxylation is 2. The smallest absolute Gasteiger partial charge is 0.277 e. The standard InChI is InChI=1S/C22H22N2O3S/c1-2-26-20-10-6-5-9-18(20)21-23-24-22(27-21)28-14-19(25)17-12-11-15-7-3-4-8-16(15)13-17/h5-6,9-13H,2-4,7-8,14H2,1H3. The highest BCUT2D eigenvalue weighted by molar-refractivity contribution is 7.99. The maximum atomic E-state index is 12.6. The van der Waals surface area contributed by atoms with Crippen molar-refractivity contribution in [1.82, 2.24) is 10.2 Å². The molecule has 5 nitrogen and oxygen atoms in total. The molecule has 0 fully saturated rings. The Morgan fingerprint density at radius 3 is 2.79 bits per heavy atom. The number of nitrogens with zero attached hydrogens (tertiary/aromatic N) is 2. The minimum absolute atomic E-state index is 0.0767. The molecule has 0 amide bonds. The van der Waals surface area contributed by atoms with Crippen molar-refractivity contribution in [3.05, 3.63) is 59.2 Å². The van der Waals surface area contributed by atoms with Gasteiger partial charge in [-0.15, -0.1) is 10.2 Å². The maximum Gasteiger partial charge on any atom is 0.277 e. The highest BCUT2D eigenvalue weighted by Gasteiger charge is 2.16. The Morgan fingerprint density at radius 1 is 1.11 bits per heavy atom. The summed E-state index contributed by atoms with van der Waals surface area (Å²) in [6.45, 7) is 2.49. The van der Waals surface area contributed by atoms with E-state index in [1.807, 2.05) is 37.3 Å². The number of rotatable bonds is 7. The summed E-state index contributed by atoms with van der Waals surface area (Å²) >= 11 is 1.26. The molecule has 0 saturated carbocycles. The number of hydrogen-bond donors (Lipinski definition) is 0. The Hall–Kier alpha value is -2.60. The minimum atomic E-state index is 0.0767. The van der Waals surface area contributed by atoms with Gasteiger partial charge in [-0.1, -0.05) is 36.0 Å². The normalized spacial score (nSPS) is 13.2. The minimum Gasteiger partial charge on any atom is -0.493 e. The van der Waals surface area contributed by atoms with Gasteiger partial charge in [-0.3, -0.25) is 4.79 Å². The van der Waals surface area contributed by atoms with Crippen LogP contribution in [0.3, 0.4) is 0 Å². The van der Waals surface area contributed by atoms with Crippen LogP contribution in [0.2, 0.25) is 0 Å². The van der Waals surface area contributed by atoms with E-state index >= 15 is 0 Å². The third-order valence-corrected chi connectivity index (χ3v) is 5.64. The molecule has 0 bridgehead atoms. The number of ether oxygens (including phenoxy) is 1. The fourth-order valence-electron chi connectivity index (χ4n) is 3.42. The molecular weight excluding hydrogens is 372 g/mol. The molecule has 0 N–H and O–H groups in total. The molecule has 0 radical (unpaired) electrons. The van der Waals surface area contributed by atoms with E-state index in [0.29, 0.717) is 23.5 Å². The Labute approximate surface area is 168 Å². The third kappa shape index (κ3) is 4.12. The van der Waals surface area contributed by atoms with Crippen molar-refractivity contribution < 1.29 is 13.9 Å². The largest absolute Gasteiger partial charge is 0.493 e. The first-order valence-corrected chi connectivity index (χ1v) is 10.6. The SMILES string of the molecule is CCOc1ccccc1-c1nnc(SCC(=O)c2ccc3c(c2)CCCC3)o1. The summed E-state index contributed by atoms with van der Waals surface area (Å²) in [4.78, 5) is 12.6. The predicted octanol–water partition coefficient (Wildman–Crippen LogP) is 4.99. The number of carbonyl (C=O) groups excluding carboxylic acids is 1. The Bertz CT molecular complexity index is 983. The summed E-state index contributed by atoms with van der Waals surface area (Å²) in [5.74, 6) is 1.45. The van der Waals surface area contributed by atoms with Crippen LogP contribution in [0.1, 0.15) is 41.3 Å². The van der Waals surface area contributed by atoms with Crippen LogP contribution in [-0.4, -0.2) is 28.3 Å². The van der Waals surface area contributed by atoms with Gasteiger partial charge in [-0.05, 0) is 61.9 Å². The highest BCUT2D eigenvalue weighted by atomic mass is 32.2. The van der Waals surface area contributed by atoms with Gasteiger partial charge in [0.25, 0.3) is 11.1 Å². The van der Waals surface area contributed by atoms with Gasteiger partial charge in [0.05, 0.1) is 17.9 Å². The first kappa shape index (κ1) is 18.7. The Morgan fingerprint density at radius 2 is 1.93 bits per heavy atom. The number of ketones is 1. The molecule has 144 valence electrons. The van der Waals surface area contributed by atoms with Crippen molar-refractivity contribution in [2.24, 2.45) is 0 Å². The van der Waals surface area contributed by atoms with E-state index in [0.717, 1.165) is 24.0 Å². The van der Waals surface area contributed by atoms with Crippen LogP contribution in [0, 0.1) is 0 Å². The van der Waals surface area contributed by atoms with E-state index < -0.39 is 0 Å². The number of fused-ring (bicyclic) bond motifs is 1. The molecule has 6 heteroatoms. The number of Topliss-reactive ketones (excluding diaryl/α,β-unsaturated/α-hetero) is 1. The second kappa shape index (κ2) is 8.61. The number of hydrogen-bond acceptors (Lipinski definition) is 6.